The third kappa shape index (κ3) is 6.68. The van der Waals surface area contributed by atoms with Gasteiger partial charge in [-0.25, -0.2) is 8.42 Å². The average Bonchev–Trinajstić information content (AvgIpc) is 2.83. The standard InChI is InChI=1S/C28H38ClN3O3S/c1-28(2,3)30-19-20-10-15-25-21(17-20)7-6-9-26(25)31-27(33)18-23-8-4-5-16-32(23)36(34,35)24-13-11-22(29)12-14-24/h10-15,17,23,26,30H,4-9,16,18-19H2,1-3H3,(H,31,33)/t23-,26+/m0/s1. The summed E-state index contributed by atoms with van der Waals surface area (Å²) >= 11 is 5.95. The molecule has 0 bridgehead atoms. The molecule has 0 spiro atoms. The first-order chi connectivity index (χ1) is 17.0. The Labute approximate surface area is 220 Å². The summed E-state index contributed by atoms with van der Waals surface area (Å²) in [6.07, 6.45) is 5.51. The van der Waals surface area contributed by atoms with Gasteiger partial charge in [-0.1, -0.05) is 36.2 Å². The van der Waals surface area contributed by atoms with Gasteiger partial charge >= 0.3 is 0 Å². The molecule has 0 aromatic heterocycles. The normalized spacial score (nSPS) is 21.1. The van der Waals surface area contributed by atoms with E-state index in [1.165, 1.54) is 33.1 Å². The third-order valence-corrected chi connectivity index (χ3v) is 9.31. The number of hydrogen-bond acceptors (Lipinski definition) is 4. The largest absolute Gasteiger partial charge is 0.349 e. The molecule has 0 unspecified atom stereocenters. The Morgan fingerprint density at radius 2 is 1.81 bits per heavy atom. The van der Waals surface area contributed by atoms with Gasteiger partial charge in [0.05, 0.1) is 10.9 Å². The van der Waals surface area contributed by atoms with Crippen LogP contribution in [0.25, 0.3) is 0 Å². The molecule has 2 aromatic carbocycles. The van der Waals surface area contributed by atoms with E-state index in [2.05, 4.69) is 49.6 Å². The van der Waals surface area contributed by atoms with Crippen LogP contribution in [0.3, 0.4) is 0 Å². The lowest BCUT2D eigenvalue weighted by Gasteiger charge is -2.35. The number of carbonyl (C=O) groups is 1. The number of piperidine rings is 1. The van der Waals surface area contributed by atoms with Gasteiger partial charge in [0, 0.05) is 36.1 Å². The van der Waals surface area contributed by atoms with E-state index in [-0.39, 0.29) is 34.8 Å². The molecule has 2 aliphatic rings. The zero-order valence-corrected chi connectivity index (χ0v) is 23.1. The molecule has 0 saturated carbocycles. The number of rotatable bonds is 7. The second-order valence-electron chi connectivity index (χ2n) is 11.1. The van der Waals surface area contributed by atoms with Crippen molar-refractivity contribution in [2.24, 2.45) is 0 Å². The summed E-state index contributed by atoms with van der Waals surface area (Å²) in [6, 6.07) is 12.4. The van der Waals surface area contributed by atoms with Gasteiger partial charge in [0.15, 0.2) is 0 Å². The Hall–Kier alpha value is -1.93. The molecule has 1 amide bonds. The monoisotopic (exact) mass is 531 g/mol. The van der Waals surface area contributed by atoms with Crippen molar-refractivity contribution in [1.29, 1.82) is 0 Å². The maximum absolute atomic E-state index is 13.3. The Kier molecular flexibility index (Phi) is 8.45. The van der Waals surface area contributed by atoms with Crippen molar-refractivity contribution in [3.8, 4) is 0 Å². The van der Waals surface area contributed by atoms with Gasteiger partial charge in [-0.2, -0.15) is 4.31 Å². The first kappa shape index (κ1) is 27.1. The highest BCUT2D eigenvalue weighted by Crippen LogP contribution is 2.32. The highest BCUT2D eigenvalue weighted by molar-refractivity contribution is 7.89. The molecule has 2 N–H and O–H groups in total. The van der Waals surface area contributed by atoms with E-state index >= 15 is 0 Å². The molecule has 4 rings (SSSR count). The minimum absolute atomic E-state index is 0.0317. The number of fused-ring (bicyclic) bond motifs is 1. The number of halogens is 1. The van der Waals surface area contributed by atoms with Crippen LogP contribution in [0.5, 0.6) is 0 Å². The molecular weight excluding hydrogens is 494 g/mol. The maximum Gasteiger partial charge on any atom is 0.243 e. The molecule has 1 saturated heterocycles. The Balaban J connectivity index is 1.43. The van der Waals surface area contributed by atoms with Crippen LogP contribution in [0.1, 0.15) is 82.0 Å². The molecule has 36 heavy (non-hydrogen) atoms. The first-order valence-electron chi connectivity index (χ1n) is 13.0. The fourth-order valence-electron chi connectivity index (χ4n) is 5.20. The van der Waals surface area contributed by atoms with Crippen LogP contribution in [0.15, 0.2) is 47.4 Å². The second-order valence-corrected chi connectivity index (χ2v) is 13.4. The minimum Gasteiger partial charge on any atom is -0.349 e. The summed E-state index contributed by atoms with van der Waals surface area (Å²) < 4.78 is 28.2. The Morgan fingerprint density at radius 1 is 1.06 bits per heavy atom. The van der Waals surface area contributed by atoms with Gasteiger partial charge in [0.1, 0.15) is 0 Å². The smallest absolute Gasteiger partial charge is 0.243 e. The maximum atomic E-state index is 13.3. The minimum atomic E-state index is -3.69. The summed E-state index contributed by atoms with van der Waals surface area (Å²) in [7, 11) is -3.69. The molecule has 6 nitrogen and oxygen atoms in total. The van der Waals surface area contributed by atoms with Crippen LogP contribution in [-0.4, -0.2) is 36.8 Å². The number of aryl methyl sites for hydroxylation is 1. The summed E-state index contributed by atoms with van der Waals surface area (Å²) in [5.74, 6) is -0.0884. The molecule has 196 valence electrons. The first-order valence-corrected chi connectivity index (χ1v) is 14.8. The van der Waals surface area contributed by atoms with Crippen molar-refractivity contribution in [1.82, 2.24) is 14.9 Å². The lowest BCUT2D eigenvalue weighted by Crippen LogP contribution is -2.46. The molecule has 1 aliphatic heterocycles. The van der Waals surface area contributed by atoms with Crippen molar-refractivity contribution in [3.63, 3.8) is 0 Å². The van der Waals surface area contributed by atoms with Crippen LogP contribution >= 0.6 is 11.6 Å². The summed E-state index contributed by atoms with van der Waals surface area (Å²) in [5.41, 5.74) is 3.79. The van der Waals surface area contributed by atoms with Crippen molar-refractivity contribution < 1.29 is 13.2 Å². The zero-order chi connectivity index (χ0) is 25.9. The molecule has 1 heterocycles. The lowest BCUT2D eigenvalue weighted by atomic mass is 9.86. The van der Waals surface area contributed by atoms with Crippen molar-refractivity contribution in [2.75, 3.05) is 6.54 Å². The number of hydrogen-bond donors (Lipinski definition) is 2. The molecule has 1 fully saturated rings. The van der Waals surface area contributed by atoms with E-state index < -0.39 is 10.0 Å². The SMILES string of the molecule is CC(C)(C)NCc1ccc2c(c1)CCC[C@H]2NC(=O)C[C@@H]1CCCCN1S(=O)(=O)c1ccc(Cl)cc1. The fourth-order valence-corrected chi connectivity index (χ4v) is 7.02. The summed E-state index contributed by atoms with van der Waals surface area (Å²) in [5, 5.41) is 7.25. The number of benzene rings is 2. The van der Waals surface area contributed by atoms with E-state index in [1.54, 1.807) is 12.1 Å². The van der Waals surface area contributed by atoms with Gasteiger partial charge in [-0.3, -0.25) is 4.79 Å². The zero-order valence-electron chi connectivity index (χ0n) is 21.5. The van der Waals surface area contributed by atoms with E-state index in [0.717, 1.165) is 38.6 Å². The molecule has 2 aromatic rings. The predicted octanol–water partition coefficient (Wildman–Crippen LogP) is 5.36. The molecule has 2 atom stereocenters. The lowest BCUT2D eigenvalue weighted by molar-refractivity contribution is -0.123. The van der Waals surface area contributed by atoms with Crippen LogP contribution in [-0.2, 0) is 27.8 Å². The Bertz CT molecular complexity index is 1180. The molecule has 8 heteroatoms. The van der Waals surface area contributed by atoms with E-state index in [4.69, 9.17) is 11.6 Å². The van der Waals surface area contributed by atoms with Crippen LogP contribution in [0.2, 0.25) is 5.02 Å². The second kappa shape index (κ2) is 11.2. The highest BCUT2D eigenvalue weighted by Gasteiger charge is 2.35. The fraction of sp³-hybridized carbons (Fsp3) is 0.536. The van der Waals surface area contributed by atoms with Crippen molar-refractivity contribution in [3.05, 3.63) is 64.2 Å². The van der Waals surface area contributed by atoms with E-state index in [9.17, 15) is 13.2 Å². The van der Waals surface area contributed by atoms with Crippen LogP contribution < -0.4 is 10.6 Å². The topological polar surface area (TPSA) is 78.5 Å². The number of nitrogens with one attached hydrogen (secondary N) is 2. The molecule has 0 radical (unpaired) electrons. The average molecular weight is 532 g/mol. The van der Waals surface area contributed by atoms with Gasteiger partial charge < -0.3 is 10.6 Å². The van der Waals surface area contributed by atoms with Crippen molar-refractivity contribution >= 4 is 27.5 Å². The number of carbonyl (C=O) groups excluding carboxylic acids is 1. The van der Waals surface area contributed by atoms with Gasteiger partial charge in [0.2, 0.25) is 15.9 Å². The molecular formula is C28H38ClN3O3S. The predicted molar refractivity (Wildman–Crippen MR) is 144 cm³/mol. The van der Waals surface area contributed by atoms with E-state index in [0.29, 0.717) is 18.0 Å². The highest BCUT2D eigenvalue weighted by atomic mass is 35.5. The Morgan fingerprint density at radius 3 is 2.53 bits per heavy atom. The number of sulfonamides is 1. The number of nitrogens with zero attached hydrogens (tertiary/aromatic N) is 1. The van der Waals surface area contributed by atoms with Crippen molar-refractivity contribution in [2.45, 2.75) is 94.8 Å². The van der Waals surface area contributed by atoms with Gasteiger partial charge in [-0.05, 0) is 93.8 Å². The van der Waals surface area contributed by atoms with Gasteiger partial charge in [0.25, 0.3) is 0 Å². The van der Waals surface area contributed by atoms with Crippen LogP contribution in [0, 0.1) is 0 Å². The van der Waals surface area contributed by atoms with E-state index in [1.807, 2.05) is 0 Å². The number of amides is 1. The summed E-state index contributed by atoms with van der Waals surface area (Å²) in [4.78, 5) is 13.4. The van der Waals surface area contributed by atoms with Crippen LogP contribution in [0.4, 0.5) is 0 Å². The summed E-state index contributed by atoms with van der Waals surface area (Å²) in [6.45, 7) is 7.72. The quantitative estimate of drug-likeness (QED) is 0.504. The molecule has 1 aliphatic carbocycles. The van der Waals surface area contributed by atoms with Gasteiger partial charge in [-0.15, -0.1) is 0 Å². The third-order valence-electron chi connectivity index (χ3n) is 7.09.